The quantitative estimate of drug-likeness (QED) is 0.539. The van der Waals surface area contributed by atoms with Crippen molar-refractivity contribution in [2.75, 3.05) is 0 Å². The number of hydrogen-bond donors (Lipinski definition) is 1. The summed E-state index contributed by atoms with van der Waals surface area (Å²) in [5, 5.41) is 8.36. The van der Waals surface area contributed by atoms with Crippen molar-refractivity contribution in [3.05, 3.63) is 35.9 Å². The van der Waals surface area contributed by atoms with E-state index in [0.717, 1.165) is 11.6 Å². The predicted molar refractivity (Wildman–Crippen MR) is 57.7 cm³/mol. The second-order valence-corrected chi connectivity index (χ2v) is 3.74. The Morgan fingerprint density at radius 3 is 2.40 bits per heavy atom. The van der Waals surface area contributed by atoms with Crippen LogP contribution in [0.3, 0.4) is 0 Å². The van der Waals surface area contributed by atoms with Crippen LogP contribution in [0, 0.1) is 0 Å². The molecule has 0 aromatic heterocycles. The fraction of sp³-hybridized carbons (Fsp3) is 0. The van der Waals surface area contributed by atoms with Crippen molar-refractivity contribution in [1.29, 1.82) is 0 Å². The summed E-state index contributed by atoms with van der Waals surface area (Å²) in [6.45, 7) is 0. The first-order valence-corrected chi connectivity index (χ1v) is 4.66. The zero-order valence-corrected chi connectivity index (χ0v) is 10.3. The van der Waals surface area contributed by atoms with Gasteiger partial charge in [0.25, 0.3) is 0 Å². The number of carboxylic acids is 1. The second kappa shape index (κ2) is 9.67. The topological polar surface area (TPSA) is 130 Å². The van der Waals surface area contributed by atoms with Crippen molar-refractivity contribution >= 4 is 38.6 Å². The van der Waals surface area contributed by atoms with E-state index in [1.165, 1.54) is 3.51 Å². The van der Waals surface area contributed by atoms with E-state index >= 15 is 0 Å². The molecule has 15 heavy (non-hydrogen) atoms. The maximum atomic E-state index is 10.2. The molecule has 0 atom stereocenters. The molecule has 0 aliphatic rings. The van der Waals surface area contributed by atoms with E-state index in [-0.39, 0.29) is 16.4 Å². The minimum atomic E-state index is -0.916. The monoisotopic (exact) mass is 321 g/mol. The van der Waals surface area contributed by atoms with E-state index in [2.05, 4.69) is 0 Å². The van der Waals surface area contributed by atoms with Crippen LogP contribution in [0.2, 0.25) is 0 Å². The molecule has 6 heteroatoms. The third-order valence-electron chi connectivity index (χ3n) is 1.29. The van der Waals surface area contributed by atoms with Crippen LogP contribution >= 0.6 is 0 Å². The van der Waals surface area contributed by atoms with Crippen LogP contribution in [-0.2, 0) is 4.79 Å². The summed E-state index contributed by atoms with van der Waals surface area (Å²) in [5.41, 5.74) is 0.927. The molecular weight excluding hydrogens is 310 g/mol. The first-order valence-electron chi connectivity index (χ1n) is 3.38. The fourth-order valence-corrected chi connectivity index (χ4v) is 1.47. The van der Waals surface area contributed by atoms with Gasteiger partial charge in [-0.25, -0.2) is 0 Å². The number of benzene rings is 1. The predicted octanol–water partition coefficient (Wildman–Crippen LogP) is -1.25. The Kier molecular flexibility index (Phi) is 12.7. The Morgan fingerprint density at radius 2 is 1.93 bits per heavy atom. The van der Waals surface area contributed by atoms with E-state index in [9.17, 15) is 4.79 Å². The summed E-state index contributed by atoms with van der Waals surface area (Å²) in [5.74, 6) is -0.916. The average Bonchev–Trinajstić information content (AvgIpc) is 2.01. The van der Waals surface area contributed by atoms with Gasteiger partial charge in [-0.1, -0.05) is 0 Å². The first kappa shape index (κ1) is 19.7. The number of aliphatic carboxylic acids is 1. The molecule has 0 saturated carbocycles. The van der Waals surface area contributed by atoms with Crippen LogP contribution in [0.15, 0.2) is 30.3 Å². The van der Waals surface area contributed by atoms with Gasteiger partial charge in [0.1, 0.15) is 0 Å². The van der Waals surface area contributed by atoms with Crippen molar-refractivity contribution in [3.63, 3.8) is 0 Å². The van der Waals surface area contributed by atoms with Crippen molar-refractivity contribution in [2.45, 2.75) is 0 Å². The Labute approximate surface area is 101 Å². The largest absolute Gasteiger partial charge is 0.870 e. The van der Waals surface area contributed by atoms with Crippen LogP contribution in [0.4, 0.5) is 0 Å². The second-order valence-electron chi connectivity index (χ2n) is 2.27. The maximum absolute atomic E-state index is 10.2. The Morgan fingerprint density at radius 1 is 1.33 bits per heavy atom. The van der Waals surface area contributed by atoms with Crippen molar-refractivity contribution in [2.24, 2.45) is 0 Å². The fourth-order valence-electron chi connectivity index (χ4n) is 0.796. The molecular formula is C9H12O5Sb-. The van der Waals surface area contributed by atoms with Crippen molar-refractivity contribution in [1.82, 2.24) is 0 Å². The minimum absolute atomic E-state index is 0. The summed E-state index contributed by atoms with van der Waals surface area (Å²) in [6, 6.07) is 7.73. The molecule has 0 heterocycles. The minimum Gasteiger partial charge on any atom is -0.870 e. The Hall–Kier alpha value is -0.872. The normalized spacial score (nSPS) is 8.33. The van der Waals surface area contributed by atoms with Crippen molar-refractivity contribution in [3.8, 4) is 0 Å². The van der Waals surface area contributed by atoms with E-state index < -0.39 is 5.97 Å². The van der Waals surface area contributed by atoms with Gasteiger partial charge >= 0.3 is 84.4 Å². The molecule has 0 fully saturated rings. The molecule has 0 bridgehead atoms. The molecule has 1 rings (SSSR count). The Bertz CT molecular complexity index is 324. The molecule has 0 unspecified atom stereocenters. The van der Waals surface area contributed by atoms with Gasteiger partial charge in [-0.3, -0.25) is 0 Å². The van der Waals surface area contributed by atoms with E-state index in [1.807, 2.05) is 24.3 Å². The van der Waals surface area contributed by atoms with Gasteiger partial charge in [0.15, 0.2) is 0 Å². The number of hydrogen-bond acceptors (Lipinski definition) is 2. The van der Waals surface area contributed by atoms with Crippen LogP contribution in [-0.4, -0.2) is 50.5 Å². The average molecular weight is 322 g/mol. The molecule has 0 saturated heterocycles. The van der Waals surface area contributed by atoms with E-state index in [4.69, 9.17) is 5.11 Å². The Balaban J connectivity index is -0.000000480. The van der Waals surface area contributed by atoms with E-state index in [1.54, 1.807) is 29.1 Å². The standard InChI is InChI=1S/C9H7O2.3H2O.Sb/c10-9(11)7-6-8-4-2-1-3-5-8;;;;/h1-2,4-7H,(H,10,11);3*1H2;/p-1/b7-6-;;;;. The maximum Gasteiger partial charge on any atom is -0.870 e. The van der Waals surface area contributed by atoms with Gasteiger partial charge < -0.3 is 16.4 Å². The van der Waals surface area contributed by atoms with Gasteiger partial charge in [0, 0.05) is 0 Å². The summed E-state index contributed by atoms with van der Waals surface area (Å²) in [4.78, 5) is 10.2. The van der Waals surface area contributed by atoms with Gasteiger partial charge in [0.05, 0.1) is 0 Å². The van der Waals surface area contributed by atoms with Crippen LogP contribution in [0.1, 0.15) is 5.56 Å². The zero-order chi connectivity index (χ0) is 8.97. The smallest absolute Gasteiger partial charge is 0.870 e. The molecule has 0 aliphatic heterocycles. The van der Waals surface area contributed by atoms with Crippen LogP contribution in [0.5, 0.6) is 0 Å². The molecule has 5 nitrogen and oxygen atoms in total. The first-order chi connectivity index (χ1) is 5.68. The van der Waals surface area contributed by atoms with Gasteiger partial charge in [-0.2, -0.15) is 0 Å². The molecule has 2 radical (unpaired) electrons. The molecule has 0 amide bonds. The van der Waals surface area contributed by atoms with Crippen molar-refractivity contribution < 1.29 is 26.3 Å². The number of carboxylic acid groups (broad SMARTS) is 1. The van der Waals surface area contributed by atoms with E-state index in [0.29, 0.717) is 0 Å². The summed E-state index contributed by atoms with van der Waals surface area (Å²) in [7, 11) is 0. The van der Waals surface area contributed by atoms with Gasteiger partial charge in [-0.15, -0.1) is 0 Å². The third-order valence-corrected chi connectivity index (χ3v) is 2.08. The molecule has 0 aliphatic carbocycles. The summed E-state index contributed by atoms with van der Waals surface area (Å²) < 4.78 is 1.18. The van der Waals surface area contributed by atoms with Crippen LogP contribution in [0.25, 0.3) is 6.08 Å². The number of rotatable bonds is 2. The molecule has 6 N–H and O–H groups in total. The van der Waals surface area contributed by atoms with Gasteiger partial charge in [0.2, 0.25) is 0 Å². The molecule has 1 aromatic rings. The van der Waals surface area contributed by atoms with Crippen LogP contribution < -0.4 is 3.51 Å². The summed E-state index contributed by atoms with van der Waals surface area (Å²) >= 11 is 1.62. The molecule has 0 spiro atoms. The number of carbonyl (C=O) groups is 1. The summed E-state index contributed by atoms with van der Waals surface area (Å²) in [6.07, 6.45) is 2.73. The molecule has 1 aromatic carbocycles. The SMILES string of the molecule is O.O.O=C(O)/C=C\c1ccc[c]([Sb])c1.[OH-]. The van der Waals surface area contributed by atoms with Gasteiger partial charge in [-0.05, 0) is 0 Å². The zero-order valence-electron chi connectivity index (χ0n) is 7.71. The molecule has 84 valence electrons. The third kappa shape index (κ3) is 8.14.